The summed E-state index contributed by atoms with van der Waals surface area (Å²) in [5, 5.41) is 11.9. The number of fused-ring (bicyclic) bond motifs is 1. The topological polar surface area (TPSA) is 61.8 Å². The van der Waals surface area contributed by atoms with Crippen molar-refractivity contribution in [2.24, 2.45) is 16.3 Å². The van der Waals surface area contributed by atoms with Crippen molar-refractivity contribution in [2.75, 3.05) is 6.54 Å². The molecule has 0 bridgehead atoms. The lowest BCUT2D eigenvalue weighted by Gasteiger charge is -2.23. The number of hydrogen-bond donors (Lipinski definition) is 2. The van der Waals surface area contributed by atoms with Gasteiger partial charge in [-0.15, -0.1) is 0 Å². The minimum absolute atomic E-state index is 0.220. The van der Waals surface area contributed by atoms with Crippen molar-refractivity contribution in [1.82, 2.24) is 4.90 Å². The standard InChI is InChI=1S/C16H25N3O/c1-16(2,15(17)18-20)9-5-6-10-19-11-13-7-3-4-8-14(13)12-19/h3-4,7-8,20H,5-6,9-12H2,1-2H3,(H2,17,18). The van der Waals surface area contributed by atoms with Crippen molar-refractivity contribution in [3.63, 3.8) is 0 Å². The van der Waals surface area contributed by atoms with Crippen LogP contribution < -0.4 is 5.73 Å². The molecule has 1 aliphatic heterocycles. The summed E-state index contributed by atoms with van der Waals surface area (Å²) in [7, 11) is 0. The van der Waals surface area contributed by atoms with Crippen LogP contribution in [0.15, 0.2) is 29.4 Å². The average molecular weight is 275 g/mol. The zero-order valence-corrected chi connectivity index (χ0v) is 12.5. The molecule has 1 heterocycles. The summed E-state index contributed by atoms with van der Waals surface area (Å²) >= 11 is 0. The molecular formula is C16H25N3O. The Labute approximate surface area is 121 Å². The smallest absolute Gasteiger partial charge is 0.144 e. The van der Waals surface area contributed by atoms with E-state index in [2.05, 4.69) is 34.3 Å². The second-order valence-corrected chi connectivity index (χ2v) is 6.31. The van der Waals surface area contributed by atoms with Gasteiger partial charge in [-0.05, 0) is 30.5 Å². The van der Waals surface area contributed by atoms with Gasteiger partial charge >= 0.3 is 0 Å². The van der Waals surface area contributed by atoms with Crippen molar-refractivity contribution in [2.45, 2.75) is 46.2 Å². The van der Waals surface area contributed by atoms with Crippen LogP contribution in [0.3, 0.4) is 0 Å². The molecule has 0 atom stereocenters. The Kier molecular flexibility index (Phi) is 4.65. The maximum atomic E-state index is 8.75. The third-order valence-electron chi connectivity index (χ3n) is 4.23. The molecule has 0 radical (unpaired) electrons. The normalized spacial score (nSPS) is 16.4. The number of rotatable bonds is 6. The number of nitrogens with two attached hydrogens (primary N) is 1. The fourth-order valence-corrected chi connectivity index (χ4v) is 2.73. The van der Waals surface area contributed by atoms with Crippen LogP contribution in [0.4, 0.5) is 0 Å². The van der Waals surface area contributed by atoms with E-state index in [9.17, 15) is 0 Å². The highest BCUT2D eigenvalue weighted by Crippen LogP contribution is 2.25. The summed E-state index contributed by atoms with van der Waals surface area (Å²) in [4.78, 5) is 2.49. The third-order valence-corrected chi connectivity index (χ3v) is 4.23. The lowest BCUT2D eigenvalue weighted by Crippen LogP contribution is -2.32. The van der Waals surface area contributed by atoms with Gasteiger partial charge in [-0.1, -0.05) is 49.7 Å². The van der Waals surface area contributed by atoms with Gasteiger partial charge in [-0.25, -0.2) is 0 Å². The summed E-state index contributed by atoms with van der Waals surface area (Å²) in [5.41, 5.74) is 8.41. The van der Waals surface area contributed by atoms with Gasteiger partial charge < -0.3 is 10.9 Å². The largest absolute Gasteiger partial charge is 0.409 e. The maximum Gasteiger partial charge on any atom is 0.144 e. The molecule has 20 heavy (non-hydrogen) atoms. The highest BCUT2D eigenvalue weighted by molar-refractivity contribution is 5.85. The molecule has 110 valence electrons. The molecule has 0 amide bonds. The van der Waals surface area contributed by atoms with Crippen LogP contribution in [-0.4, -0.2) is 22.5 Å². The summed E-state index contributed by atoms with van der Waals surface area (Å²) in [6.45, 7) is 7.29. The Morgan fingerprint density at radius 2 is 1.85 bits per heavy atom. The zero-order valence-electron chi connectivity index (χ0n) is 12.5. The van der Waals surface area contributed by atoms with E-state index in [1.807, 2.05) is 13.8 Å². The van der Waals surface area contributed by atoms with Gasteiger partial charge in [-0.3, -0.25) is 4.90 Å². The minimum atomic E-state index is -0.220. The maximum absolute atomic E-state index is 8.75. The second kappa shape index (κ2) is 6.27. The molecule has 0 saturated carbocycles. The van der Waals surface area contributed by atoms with Crippen molar-refractivity contribution >= 4 is 5.84 Å². The van der Waals surface area contributed by atoms with Gasteiger partial charge in [0.25, 0.3) is 0 Å². The van der Waals surface area contributed by atoms with Crippen molar-refractivity contribution in [1.29, 1.82) is 0 Å². The van der Waals surface area contributed by atoms with Gasteiger partial charge in [0.1, 0.15) is 5.84 Å². The number of hydrogen-bond acceptors (Lipinski definition) is 3. The first-order valence-electron chi connectivity index (χ1n) is 7.30. The van der Waals surface area contributed by atoms with E-state index in [4.69, 9.17) is 10.9 Å². The fourth-order valence-electron chi connectivity index (χ4n) is 2.73. The summed E-state index contributed by atoms with van der Waals surface area (Å²) in [6, 6.07) is 8.66. The van der Waals surface area contributed by atoms with E-state index in [1.54, 1.807) is 0 Å². The number of unbranched alkanes of at least 4 members (excludes halogenated alkanes) is 1. The van der Waals surface area contributed by atoms with Crippen molar-refractivity contribution in [3.8, 4) is 0 Å². The Bertz CT molecular complexity index is 457. The first-order valence-corrected chi connectivity index (χ1v) is 7.30. The zero-order chi connectivity index (χ0) is 14.6. The molecule has 4 heteroatoms. The van der Waals surface area contributed by atoms with Crippen LogP contribution in [0.2, 0.25) is 0 Å². The predicted molar refractivity (Wildman–Crippen MR) is 81.6 cm³/mol. The van der Waals surface area contributed by atoms with Crippen LogP contribution in [0.5, 0.6) is 0 Å². The number of nitrogens with zero attached hydrogens (tertiary/aromatic N) is 2. The molecule has 0 saturated heterocycles. The molecule has 0 fully saturated rings. The monoisotopic (exact) mass is 275 g/mol. The van der Waals surface area contributed by atoms with Gasteiger partial charge in [0.05, 0.1) is 0 Å². The van der Waals surface area contributed by atoms with E-state index >= 15 is 0 Å². The Morgan fingerprint density at radius 3 is 2.40 bits per heavy atom. The van der Waals surface area contributed by atoms with Gasteiger partial charge in [0.2, 0.25) is 0 Å². The lowest BCUT2D eigenvalue weighted by atomic mass is 9.86. The predicted octanol–water partition coefficient (Wildman–Crippen LogP) is 2.95. The molecule has 4 nitrogen and oxygen atoms in total. The van der Waals surface area contributed by atoms with Gasteiger partial charge in [0.15, 0.2) is 0 Å². The minimum Gasteiger partial charge on any atom is -0.409 e. The van der Waals surface area contributed by atoms with Crippen LogP contribution in [0.25, 0.3) is 0 Å². The second-order valence-electron chi connectivity index (χ2n) is 6.31. The highest BCUT2D eigenvalue weighted by atomic mass is 16.4. The average Bonchev–Trinajstić information content (AvgIpc) is 2.85. The Balaban J connectivity index is 1.71. The molecule has 1 aromatic rings. The first-order chi connectivity index (χ1) is 9.53. The lowest BCUT2D eigenvalue weighted by molar-refractivity contribution is 0.269. The SMILES string of the molecule is CC(C)(CCCCN1Cc2ccccc2C1)/C(N)=N/O. The summed E-state index contributed by atoms with van der Waals surface area (Å²) < 4.78 is 0. The number of oxime groups is 1. The first kappa shape index (κ1) is 14.9. The van der Waals surface area contributed by atoms with E-state index in [1.165, 1.54) is 11.1 Å². The van der Waals surface area contributed by atoms with Crippen LogP contribution in [0.1, 0.15) is 44.2 Å². The number of amidine groups is 1. The summed E-state index contributed by atoms with van der Waals surface area (Å²) in [5.74, 6) is 0.325. The quantitative estimate of drug-likeness (QED) is 0.276. The van der Waals surface area contributed by atoms with Crippen LogP contribution in [-0.2, 0) is 13.1 Å². The third kappa shape index (κ3) is 3.51. The summed E-state index contributed by atoms with van der Waals surface area (Å²) in [6.07, 6.45) is 3.19. The molecule has 2 rings (SSSR count). The molecule has 0 unspecified atom stereocenters. The van der Waals surface area contributed by atoms with Gasteiger partial charge in [-0.2, -0.15) is 0 Å². The molecule has 0 aromatic heterocycles. The van der Waals surface area contributed by atoms with Crippen molar-refractivity contribution < 1.29 is 5.21 Å². The molecule has 0 aliphatic carbocycles. The highest BCUT2D eigenvalue weighted by Gasteiger charge is 2.23. The molecule has 3 N–H and O–H groups in total. The van der Waals surface area contributed by atoms with E-state index in [-0.39, 0.29) is 5.41 Å². The van der Waals surface area contributed by atoms with E-state index in [0.29, 0.717) is 5.84 Å². The van der Waals surface area contributed by atoms with Crippen LogP contribution >= 0.6 is 0 Å². The molecule has 0 spiro atoms. The van der Waals surface area contributed by atoms with Crippen molar-refractivity contribution in [3.05, 3.63) is 35.4 Å². The molecule has 1 aromatic carbocycles. The van der Waals surface area contributed by atoms with E-state index < -0.39 is 0 Å². The Hall–Kier alpha value is -1.55. The molecule has 1 aliphatic rings. The van der Waals surface area contributed by atoms with Gasteiger partial charge in [0, 0.05) is 18.5 Å². The van der Waals surface area contributed by atoms with E-state index in [0.717, 1.165) is 38.9 Å². The van der Waals surface area contributed by atoms with Crippen LogP contribution in [0, 0.1) is 5.41 Å². The number of benzene rings is 1. The fraction of sp³-hybridized carbons (Fsp3) is 0.562. The molecular weight excluding hydrogens is 250 g/mol. The Morgan fingerprint density at radius 1 is 1.25 bits per heavy atom.